The van der Waals surface area contributed by atoms with Gasteiger partial charge in [0.25, 0.3) is 0 Å². The summed E-state index contributed by atoms with van der Waals surface area (Å²) in [7, 11) is 0. The van der Waals surface area contributed by atoms with Crippen molar-refractivity contribution in [3.63, 3.8) is 0 Å². The minimum absolute atomic E-state index is 0.628. The molecule has 2 aliphatic heterocycles. The summed E-state index contributed by atoms with van der Waals surface area (Å²) in [5.74, 6) is 1.79. The highest BCUT2D eigenvalue weighted by atomic mass is 16.5. The van der Waals surface area contributed by atoms with E-state index in [1.807, 2.05) is 6.20 Å². The number of nitrogens with one attached hydrogen (secondary N) is 1. The zero-order chi connectivity index (χ0) is 14.1. The molecule has 0 saturated carbocycles. The van der Waals surface area contributed by atoms with E-state index in [-0.39, 0.29) is 0 Å². The highest BCUT2D eigenvalue weighted by Crippen LogP contribution is 2.22. The van der Waals surface area contributed by atoms with Crippen molar-refractivity contribution < 1.29 is 4.74 Å². The van der Waals surface area contributed by atoms with Gasteiger partial charge < -0.3 is 19.4 Å². The number of hydrogen-bond acceptors (Lipinski definition) is 4. The summed E-state index contributed by atoms with van der Waals surface area (Å²) in [6.45, 7) is 6.08. The molecule has 1 unspecified atom stereocenters. The molecule has 0 amide bonds. The lowest BCUT2D eigenvalue weighted by Gasteiger charge is -2.29. The molecule has 2 aliphatic rings. The molecule has 0 bridgehead atoms. The fourth-order valence-corrected chi connectivity index (χ4v) is 3.32. The van der Waals surface area contributed by atoms with Gasteiger partial charge in [-0.1, -0.05) is 0 Å². The van der Waals surface area contributed by atoms with E-state index >= 15 is 0 Å². The summed E-state index contributed by atoms with van der Waals surface area (Å²) < 4.78 is 7.69. The predicted octanol–water partition coefficient (Wildman–Crippen LogP) is 1.32. The Morgan fingerprint density at radius 3 is 3.05 bits per heavy atom. The van der Waals surface area contributed by atoms with E-state index in [1.54, 1.807) is 0 Å². The van der Waals surface area contributed by atoms with Crippen molar-refractivity contribution in [2.24, 2.45) is 5.92 Å². The van der Waals surface area contributed by atoms with Gasteiger partial charge in [0.1, 0.15) is 5.82 Å². The molecule has 2 fully saturated rings. The summed E-state index contributed by atoms with van der Waals surface area (Å²) >= 11 is 0. The molecule has 112 valence electrons. The van der Waals surface area contributed by atoms with Crippen molar-refractivity contribution in [1.29, 1.82) is 0 Å². The number of pyridine rings is 1. The maximum absolute atomic E-state index is 5.47. The highest BCUT2D eigenvalue weighted by molar-refractivity contribution is 5.59. The van der Waals surface area contributed by atoms with Crippen molar-refractivity contribution in [3.8, 4) is 0 Å². The standard InChI is InChI=1S/C16H22N4O/c1-5-20-15(10-14(1)19-6-3-17-4-7-19)11-18-16(20)9-13-2-8-21-12-13/h1,5,10-11,13,17H,2-4,6-9,12H2. The summed E-state index contributed by atoms with van der Waals surface area (Å²) in [6.07, 6.45) is 6.34. The average molecular weight is 286 g/mol. The van der Waals surface area contributed by atoms with Gasteiger partial charge in [-0.15, -0.1) is 0 Å². The molecule has 2 aromatic heterocycles. The average Bonchev–Trinajstić information content (AvgIpc) is 3.18. The second-order valence-corrected chi connectivity index (χ2v) is 6.03. The Labute approximate surface area is 124 Å². The monoisotopic (exact) mass is 286 g/mol. The van der Waals surface area contributed by atoms with Crippen LogP contribution in [0, 0.1) is 5.92 Å². The molecular formula is C16H22N4O. The lowest BCUT2D eigenvalue weighted by atomic mass is 10.1. The van der Waals surface area contributed by atoms with Crippen LogP contribution in [0.5, 0.6) is 0 Å². The molecular weight excluding hydrogens is 264 g/mol. The van der Waals surface area contributed by atoms with Gasteiger partial charge in [0.05, 0.1) is 11.7 Å². The van der Waals surface area contributed by atoms with Crippen LogP contribution in [0.25, 0.3) is 5.52 Å². The van der Waals surface area contributed by atoms with Crippen molar-refractivity contribution in [2.45, 2.75) is 12.8 Å². The normalized spacial score (nSPS) is 23.0. The van der Waals surface area contributed by atoms with E-state index in [1.165, 1.54) is 11.2 Å². The molecule has 0 aliphatic carbocycles. The van der Waals surface area contributed by atoms with E-state index in [2.05, 4.69) is 37.9 Å². The second kappa shape index (κ2) is 5.66. The number of ether oxygens (including phenoxy) is 1. The Hall–Kier alpha value is -1.59. The fourth-order valence-electron chi connectivity index (χ4n) is 3.32. The van der Waals surface area contributed by atoms with Crippen molar-refractivity contribution in [3.05, 3.63) is 30.4 Å². The van der Waals surface area contributed by atoms with Crippen molar-refractivity contribution in [1.82, 2.24) is 14.7 Å². The molecule has 2 saturated heterocycles. The topological polar surface area (TPSA) is 41.8 Å². The van der Waals surface area contributed by atoms with E-state index in [4.69, 9.17) is 4.74 Å². The van der Waals surface area contributed by atoms with Crippen LogP contribution in [0.1, 0.15) is 12.2 Å². The Kier molecular flexibility index (Phi) is 3.53. The molecule has 5 nitrogen and oxygen atoms in total. The first kappa shape index (κ1) is 13.1. The summed E-state index contributed by atoms with van der Waals surface area (Å²) in [5.41, 5.74) is 2.50. The minimum Gasteiger partial charge on any atom is -0.381 e. The van der Waals surface area contributed by atoms with E-state index in [0.717, 1.165) is 58.1 Å². The minimum atomic E-state index is 0.628. The Morgan fingerprint density at radius 2 is 2.24 bits per heavy atom. The third kappa shape index (κ3) is 2.63. The smallest absolute Gasteiger partial charge is 0.113 e. The maximum Gasteiger partial charge on any atom is 0.113 e. The largest absolute Gasteiger partial charge is 0.381 e. The predicted molar refractivity (Wildman–Crippen MR) is 82.9 cm³/mol. The number of rotatable bonds is 3. The number of nitrogens with zero attached hydrogens (tertiary/aromatic N) is 3. The number of imidazole rings is 1. The summed E-state index contributed by atoms with van der Waals surface area (Å²) in [6, 6.07) is 4.47. The van der Waals surface area contributed by atoms with Crippen LogP contribution in [0.3, 0.4) is 0 Å². The second-order valence-electron chi connectivity index (χ2n) is 6.03. The first-order valence-electron chi connectivity index (χ1n) is 7.89. The van der Waals surface area contributed by atoms with Gasteiger partial charge in [0, 0.05) is 57.7 Å². The molecule has 0 radical (unpaired) electrons. The Morgan fingerprint density at radius 1 is 1.33 bits per heavy atom. The van der Waals surface area contributed by atoms with Crippen LogP contribution in [0.4, 0.5) is 5.69 Å². The van der Waals surface area contributed by atoms with Gasteiger partial charge in [0.2, 0.25) is 0 Å². The van der Waals surface area contributed by atoms with Crippen LogP contribution < -0.4 is 10.2 Å². The third-order valence-electron chi connectivity index (χ3n) is 4.57. The van der Waals surface area contributed by atoms with Crippen molar-refractivity contribution >= 4 is 11.2 Å². The van der Waals surface area contributed by atoms with Crippen LogP contribution in [0.2, 0.25) is 0 Å². The van der Waals surface area contributed by atoms with Gasteiger partial charge in [0.15, 0.2) is 0 Å². The van der Waals surface area contributed by atoms with Crippen LogP contribution >= 0.6 is 0 Å². The first-order chi connectivity index (χ1) is 10.4. The molecule has 2 aromatic rings. The number of anilines is 1. The lowest BCUT2D eigenvalue weighted by molar-refractivity contribution is 0.185. The molecule has 0 aromatic carbocycles. The molecule has 21 heavy (non-hydrogen) atoms. The number of piperazine rings is 1. The van der Waals surface area contributed by atoms with Crippen LogP contribution in [-0.2, 0) is 11.2 Å². The van der Waals surface area contributed by atoms with Gasteiger partial charge >= 0.3 is 0 Å². The molecule has 4 heterocycles. The van der Waals surface area contributed by atoms with E-state index < -0.39 is 0 Å². The van der Waals surface area contributed by atoms with Gasteiger partial charge in [-0.25, -0.2) is 4.98 Å². The fraction of sp³-hybridized carbons (Fsp3) is 0.562. The molecule has 5 heteroatoms. The molecule has 1 atom stereocenters. The molecule has 1 N–H and O–H groups in total. The molecule has 0 spiro atoms. The SMILES string of the molecule is c1cn2c(CC3CCOC3)ncc2cc1N1CCNCC1. The van der Waals surface area contributed by atoms with Gasteiger partial charge in [-0.2, -0.15) is 0 Å². The number of aromatic nitrogens is 2. The summed E-state index contributed by atoms with van der Waals surface area (Å²) in [4.78, 5) is 7.06. The van der Waals surface area contributed by atoms with Crippen LogP contribution in [0.15, 0.2) is 24.5 Å². The van der Waals surface area contributed by atoms with Crippen molar-refractivity contribution in [2.75, 3.05) is 44.3 Å². The molecule has 4 rings (SSSR count). The maximum atomic E-state index is 5.47. The number of hydrogen-bond donors (Lipinski definition) is 1. The third-order valence-corrected chi connectivity index (χ3v) is 4.57. The first-order valence-corrected chi connectivity index (χ1v) is 7.89. The Balaban J connectivity index is 1.57. The lowest BCUT2D eigenvalue weighted by Crippen LogP contribution is -2.43. The number of fused-ring (bicyclic) bond motifs is 1. The van der Waals surface area contributed by atoms with Gasteiger partial charge in [-0.3, -0.25) is 0 Å². The van der Waals surface area contributed by atoms with Gasteiger partial charge in [-0.05, 0) is 24.5 Å². The zero-order valence-electron chi connectivity index (χ0n) is 12.3. The summed E-state index contributed by atoms with van der Waals surface area (Å²) in [5, 5.41) is 3.40. The van der Waals surface area contributed by atoms with E-state index in [0.29, 0.717) is 5.92 Å². The zero-order valence-corrected chi connectivity index (χ0v) is 12.3. The quantitative estimate of drug-likeness (QED) is 0.924. The Bertz CT molecular complexity index is 612. The van der Waals surface area contributed by atoms with E-state index in [9.17, 15) is 0 Å². The highest BCUT2D eigenvalue weighted by Gasteiger charge is 2.19. The van der Waals surface area contributed by atoms with Crippen LogP contribution in [-0.4, -0.2) is 48.8 Å².